The minimum atomic E-state index is -0.801. The summed E-state index contributed by atoms with van der Waals surface area (Å²) in [5.74, 6) is 0.0469. The van der Waals surface area contributed by atoms with Crippen LogP contribution in [-0.4, -0.2) is 35.7 Å². The second-order valence-electron chi connectivity index (χ2n) is 6.14. The number of aromatic nitrogens is 1. The van der Waals surface area contributed by atoms with E-state index in [0.29, 0.717) is 11.7 Å². The Bertz CT molecular complexity index is 691. The zero-order chi connectivity index (χ0) is 18.1. The third kappa shape index (κ3) is 6.43. The monoisotopic (exact) mass is 342 g/mol. The summed E-state index contributed by atoms with van der Waals surface area (Å²) in [6.45, 7) is 4.71. The quantitative estimate of drug-likeness (QED) is 0.495. The molecular weight excluding hydrogens is 316 g/mol. The van der Waals surface area contributed by atoms with Crippen LogP contribution in [0.1, 0.15) is 30.4 Å². The summed E-state index contributed by atoms with van der Waals surface area (Å²) in [5, 5.41) is 15.6. The number of anilines is 2. The van der Waals surface area contributed by atoms with Crippen molar-refractivity contribution in [3.8, 4) is 0 Å². The second-order valence-corrected chi connectivity index (χ2v) is 6.14. The fourth-order valence-corrected chi connectivity index (χ4v) is 2.62. The van der Waals surface area contributed by atoms with Crippen LogP contribution in [0.4, 0.5) is 11.5 Å². The topological polar surface area (TPSA) is 100 Å². The van der Waals surface area contributed by atoms with Gasteiger partial charge in [0.25, 0.3) is 0 Å². The predicted octanol–water partition coefficient (Wildman–Crippen LogP) is 2.49. The maximum atomic E-state index is 10.8. The molecule has 0 spiro atoms. The summed E-state index contributed by atoms with van der Waals surface area (Å²) in [6.07, 6.45) is 2.71. The van der Waals surface area contributed by atoms with Crippen molar-refractivity contribution in [2.24, 2.45) is 0 Å². The Morgan fingerprint density at radius 3 is 2.88 bits per heavy atom. The summed E-state index contributed by atoms with van der Waals surface area (Å²) in [6, 6.07) is 11.6. The molecule has 0 fully saturated rings. The van der Waals surface area contributed by atoms with Gasteiger partial charge in [0.2, 0.25) is 0 Å². The lowest BCUT2D eigenvalue weighted by Crippen LogP contribution is -2.23. The summed E-state index contributed by atoms with van der Waals surface area (Å²) in [4.78, 5) is 14.9. The number of carboxylic acid groups (broad SMARTS) is 1. The van der Waals surface area contributed by atoms with Crippen molar-refractivity contribution < 1.29 is 9.90 Å². The Kier molecular flexibility index (Phi) is 7.22. The largest absolute Gasteiger partial charge is 0.481 e. The van der Waals surface area contributed by atoms with E-state index in [1.807, 2.05) is 36.4 Å². The molecule has 1 aromatic heterocycles. The molecule has 0 radical (unpaired) electrons. The highest BCUT2D eigenvalue weighted by molar-refractivity contribution is 5.70. The Morgan fingerprint density at radius 1 is 1.28 bits per heavy atom. The number of benzene rings is 1. The molecule has 0 aliphatic heterocycles. The van der Waals surface area contributed by atoms with E-state index in [1.54, 1.807) is 6.20 Å². The van der Waals surface area contributed by atoms with Crippen LogP contribution in [0.5, 0.6) is 0 Å². The van der Waals surface area contributed by atoms with Gasteiger partial charge in [-0.3, -0.25) is 4.79 Å². The number of rotatable bonds is 10. The Hall–Kier alpha value is -2.60. The first-order valence-corrected chi connectivity index (χ1v) is 8.52. The van der Waals surface area contributed by atoms with Crippen molar-refractivity contribution >= 4 is 17.5 Å². The van der Waals surface area contributed by atoms with Gasteiger partial charge in [-0.25, -0.2) is 4.98 Å². The first-order valence-electron chi connectivity index (χ1n) is 8.52. The highest BCUT2D eigenvalue weighted by Gasteiger charge is 2.07. The standard InChI is InChI=1S/C19H26N4O2/c1-14(16-6-2-5-15(11-16)12-18(24)25)13-21-8-4-10-22-17-7-3-9-23-19(17)20/h2-3,5-7,9,11,14,21-22H,4,8,10,12-13H2,1H3,(H2,20,23)(H,24,25). The van der Waals surface area contributed by atoms with Crippen LogP contribution >= 0.6 is 0 Å². The average molecular weight is 342 g/mol. The van der Waals surface area contributed by atoms with Crippen LogP contribution in [0.2, 0.25) is 0 Å². The molecule has 1 unspecified atom stereocenters. The molecular formula is C19H26N4O2. The highest BCUT2D eigenvalue weighted by Crippen LogP contribution is 2.16. The van der Waals surface area contributed by atoms with Crippen LogP contribution < -0.4 is 16.4 Å². The molecule has 5 N–H and O–H groups in total. The molecule has 1 atom stereocenters. The normalized spacial score (nSPS) is 11.9. The first-order chi connectivity index (χ1) is 12.1. The van der Waals surface area contributed by atoms with Crippen LogP contribution in [-0.2, 0) is 11.2 Å². The number of nitrogen functional groups attached to an aromatic ring is 1. The van der Waals surface area contributed by atoms with Gasteiger partial charge in [0.05, 0.1) is 12.1 Å². The summed E-state index contributed by atoms with van der Waals surface area (Å²) in [7, 11) is 0. The molecule has 0 saturated carbocycles. The molecule has 6 heteroatoms. The Labute approximate surface area is 148 Å². The number of aliphatic carboxylic acids is 1. The van der Waals surface area contributed by atoms with Crippen LogP contribution in [0, 0.1) is 0 Å². The molecule has 134 valence electrons. The van der Waals surface area contributed by atoms with Gasteiger partial charge in [0, 0.05) is 19.3 Å². The van der Waals surface area contributed by atoms with Gasteiger partial charge in [-0.1, -0.05) is 31.2 Å². The van der Waals surface area contributed by atoms with E-state index in [-0.39, 0.29) is 6.42 Å². The third-order valence-electron chi connectivity index (χ3n) is 4.01. The Balaban J connectivity index is 1.67. The van der Waals surface area contributed by atoms with Gasteiger partial charge < -0.3 is 21.5 Å². The molecule has 0 aliphatic rings. The predicted molar refractivity (Wildman–Crippen MR) is 101 cm³/mol. The van der Waals surface area contributed by atoms with Crippen molar-refractivity contribution in [3.05, 3.63) is 53.7 Å². The van der Waals surface area contributed by atoms with Crippen molar-refractivity contribution in [2.45, 2.75) is 25.7 Å². The van der Waals surface area contributed by atoms with Crippen molar-refractivity contribution in [3.63, 3.8) is 0 Å². The minimum absolute atomic E-state index is 0.0666. The van der Waals surface area contributed by atoms with E-state index >= 15 is 0 Å². The van der Waals surface area contributed by atoms with Crippen molar-refractivity contribution in [1.29, 1.82) is 0 Å². The number of hydrogen-bond acceptors (Lipinski definition) is 5. The van der Waals surface area contributed by atoms with Gasteiger partial charge in [0.1, 0.15) is 5.82 Å². The maximum absolute atomic E-state index is 10.8. The lowest BCUT2D eigenvalue weighted by atomic mass is 9.98. The van der Waals surface area contributed by atoms with E-state index < -0.39 is 5.97 Å². The van der Waals surface area contributed by atoms with Crippen LogP contribution in [0.25, 0.3) is 0 Å². The lowest BCUT2D eigenvalue weighted by Gasteiger charge is -2.14. The number of carboxylic acids is 1. The molecule has 1 heterocycles. The SMILES string of the molecule is CC(CNCCCNc1cccnc1N)c1cccc(CC(=O)O)c1. The van der Waals surface area contributed by atoms with Crippen LogP contribution in [0.15, 0.2) is 42.6 Å². The molecule has 0 saturated heterocycles. The van der Waals surface area contributed by atoms with Gasteiger partial charge in [-0.05, 0) is 42.1 Å². The van der Waals surface area contributed by atoms with E-state index in [4.69, 9.17) is 10.8 Å². The van der Waals surface area contributed by atoms with Crippen molar-refractivity contribution in [1.82, 2.24) is 10.3 Å². The van der Waals surface area contributed by atoms with E-state index in [0.717, 1.165) is 42.9 Å². The van der Waals surface area contributed by atoms with Gasteiger partial charge in [-0.2, -0.15) is 0 Å². The summed E-state index contributed by atoms with van der Waals surface area (Å²) < 4.78 is 0. The third-order valence-corrected chi connectivity index (χ3v) is 4.01. The Morgan fingerprint density at radius 2 is 2.12 bits per heavy atom. The van der Waals surface area contributed by atoms with Gasteiger partial charge >= 0.3 is 5.97 Å². The minimum Gasteiger partial charge on any atom is -0.481 e. The lowest BCUT2D eigenvalue weighted by molar-refractivity contribution is -0.136. The molecule has 6 nitrogen and oxygen atoms in total. The number of nitrogens with two attached hydrogens (primary N) is 1. The molecule has 2 rings (SSSR count). The number of nitrogens with zero attached hydrogens (tertiary/aromatic N) is 1. The molecule has 2 aromatic rings. The highest BCUT2D eigenvalue weighted by atomic mass is 16.4. The van der Waals surface area contributed by atoms with Crippen LogP contribution in [0.3, 0.4) is 0 Å². The van der Waals surface area contributed by atoms with E-state index in [2.05, 4.69) is 22.5 Å². The van der Waals surface area contributed by atoms with E-state index in [1.165, 1.54) is 0 Å². The molecule has 0 bridgehead atoms. The number of nitrogens with one attached hydrogen (secondary N) is 2. The molecule has 0 aliphatic carbocycles. The zero-order valence-corrected chi connectivity index (χ0v) is 14.5. The summed E-state index contributed by atoms with van der Waals surface area (Å²) >= 11 is 0. The molecule has 0 amide bonds. The fraction of sp³-hybridized carbons (Fsp3) is 0.368. The summed E-state index contributed by atoms with van der Waals surface area (Å²) in [5.41, 5.74) is 8.65. The van der Waals surface area contributed by atoms with Gasteiger partial charge in [-0.15, -0.1) is 0 Å². The first kappa shape index (κ1) is 18.7. The zero-order valence-electron chi connectivity index (χ0n) is 14.5. The average Bonchev–Trinajstić information content (AvgIpc) is 2.59. The number of pyridine rings is 1. The maximum Gasteiger partial charge on any atom is 0.307 e. The number of carbonyl (C=O) groups is 1. The number of hydrogen-bond donors (Lipinski definition) is 4. The van der Waals surface area contributed by atoms with Crippen molar-refractivity contribution in [2.75, 3.05) is 30.7 Å². The molecule has 25 heavy (non-hydrogen) atoms. The fourth-order valence-electron chi connectivity index (χ4n) is 2.62. The van der Waals surface area contributed by atoms with E-state index in [9.17, 15) is 4.79 Å². The molecule has 1 aromatic carbocycles. The van der Waals surface area contributed by atoms with Gasteiger partial charge in [0.15, 0.2) is 0 Å². The smallest absolute Gasteiger partial charge is 0.307 e. The second kappa shape index (κ2) is 9.64.